The van der Waals surface area contributed by atoms with Crippen LogP contribution in [0.1, 0.15) is 11.1 Å². The zero-order valence-electron chi connectivity index (χ0n) is 10.2. The number of rotatable bonds is 1. The lowest BCUT2D eigenvalue weighted by Crippen LogP contribution is -1.80. The first-order valence-corrected chi connectivity index (χ1v) is 7.67. The van der Waals surface area contributed by atoms with Gasteiger partial charge in [-0.15, -0.1) is 11.3 Å². The van der Waals surface area contributed by atoms with Crippen molar-refractivity contribution in [1.82, 2.24) is 4.98 Å². The van der Waals surface area contributed by atoms with Crippen LogP contribution in [0.15, 0.2) is 36.4 Å². The first-order valence-electron chi connectivity index (χ1n) is 5.77. The molecule has 0 N–H and O–H groups in total. The summed E-state index contributed by atoms with van der Waals surface area (Å²) >= 11 is 4.09. The van der Waals surface area contributed by atoms with E-state index in [2.05, 4.69) is 72.8 Å². The smallest absolute Gasteiger partial charge is 0.124 e. The molecule has 0 spiro atoms. The highest BCUT2D eigenvalue weighted by Gasteiger charge is 2.08. The maximum atomic E-state index is 4.77. The molecule has 90 valence electrons. The van der Waals surface area contributed by atoms with Gasteiger partial charge in [-0.05, 0) is 65.8 Å². The third-order valence-corrected chi connectivity index (χ3v) is 4.69. The molecular weight excluding hydrogens is 353 g/mol. The minimum atomic E-state index is 1.11. The molecule has 0 aliphatic carbocycles. The number of benzene rings is 2. The minimum absolute atomic E-state index is 1.11. The number of thiazole rings is 1. The van der Waals surface area contributed by atoms with Crippen LogP contribution in [0.5, 0.6) is 0 Å². The fourth-order valence-corrected chi connectivity index (χ4v) is 3.59. The number of nitrogens with zero attached hydrogens (tertiary/aromatic N) is 1. The molecule has 3 heteroatoms. The van der Waals surface area contributed by atoms with Crippen LogP contribution in [0.3, 0.4) is 0 Å². The van der Waals surface area contributed by atoms with Gasteiger partial charge in [0.2, 0.25) is 0 Å². The lowest BCUT2D eigenvalue weighted by atomic mass is 10.1. The third-order valence-electron chi connectivity index (χ3n) is 2.92. The van der Waals surface area contributed by atoms with Crippen molar-refractivity contribution in [1.29, 1.82) is 0 Å². The Hall–Kier alpha value is -0.940. The zero-order valence-corrected chi connectivity index (χ0v) is 13.2. The van der Waals surface area contributed by atoms with E-state index in [1.54, 1.807) is 11.3 Å². The van der Waals surface area contributed by atoms with Crippen LogP contribution in [-0.2, 0) is 0 Å². The average molecular weight is 365 g/mol. The maximum Gasteiger partial charge on any atom is 0.124 e. The Morgan fingerprint density at radius 3 is 2.50 bits per heavy atom. The largest absolute Gasteiger partial charge is 0.236 e. The Kier molecular flexibility index (Phi) is 3.11. The van der Waals surface area contributed by atoms with E-state index in [1.807, 2.05) is 0 Å². The maximum absolute atomic E-state index is 4.77. The summed E-state index contributed by atoms with van der Waals surface area (Å²) in [6, 6.07) is 12.9. The molecule has 0 fully saturated rings. The van der Waals surface area contributed by atoms with E-state index >= 15 is 0 Å². The summed E-state index contributed by atoms with van der Waals surface area (Å²) < 4.78 is 2.53. The normalized spacial score (nSPS) is 11.1. The molecule has 3 rings (SSSR count). The van der Waals surface area contributed by atoms with Crippen LogP contribution in [0.25, 0.3) is 20.8 Å². The van der Waals surface area contributed by atoms with Crippen molar-refractivity contribution in [3.05, 3.63) is 51.1 Å². The monoisotopic (exact) mass is 365 g/mol. The number of halogens is 1. The first kappa shape index (κ1) is 12.1. The Morgan fingerprint density at radius 2 is 1.78 bits per heavy atom. The number of aromatic nitrogens is 1. The van der Waals surface area contributed by atoms with Gasteiger partial charge in [-0.25, -0.2) is 4.98 Å². The van der Waals surface area contributed by atoms with E-state index in [0.717, 1.165) is 10.5 Å². The van der Waals surface area contributed by atoms with Crippen molar-refractivity contribution in [2.24, 2.45) is 0 Å². The second kappa shape index (κ2) is 4.63. The average Bonchev–Trinajstić information content (AvgIpc) is 2.74. The van der Waals surface area contributed by atoms with E-state index in [9.17, 15) is 0 Å². The lowest BCUT2D eigenvalue weighted by molar-refractivity contribution is 1.38. The quantitative estimate of drug-likeness (QED) is 0.541. The van der Waals surface area contributed by atoms with Crippen molar-refractivity contribution >= 4 is 44.1 Å². The van der Waals surface area contributed by atoms with Gasteiger partial charge in [0.25, 0.3) is 0 Å². The molecular formula is C15H12INS. The SMILES string of the molecule is Cc1cc(C)c2nc(-c3ccc(I)cc3)sc2c1. The van der Waals surface area contributed by atoms with Crippen LogP contribution in [0.4, 0.5) is 0 Å². The second-order valence-electron chi connectivity index (χ2n) is 4.45. The molecule has 0 unspecified atom stereocenters. The Morgan fingerprint density at radius 1 is 1.06 bits per heavy atom. The zero-order chi connectivity index (χ0) is 12.7. The van der Waals surface area contributed by atoms with Crippen LogP contribution in [0, 0.1) is 17.4 Å². The summed E-state index contributed by atoms with van der Waals surface area (Å²) in [5.41, 5.74) is 4.91. The van der Waals surface area contributed by atoms with Crippen LogP contribution < -0.4 is 0 Å². The van der Waals surface area contributed by atoms with Gasteiger partial charge in [0.1, 0.15) is 5.01 Å². The van der Waals surface area contributed by atoms with E-state index in [4.69, 9.17) is 4.98 Å². The highest BCUT2D eigenvalue weighted by Crippen LogP contribution is 2.32. The fourth-order valence-electron chi connectivity index (χ4n) is 2.09. The number of fused-ring (bicyclic) bond motifs is 1. The number of hydrogen-bond acceptors (Lipinski definition) is 2. The van der Waals surface area contributed by atoms with Gasteiger partial charge >= 0.3 is 0 Å². The summed E-state index contributed by atoms with van der Waals surface area (Å²) in [6.45, 7) is 4.27. The Bertz CT molecular complexity index is 713. The molecule has 0 aliphatic rings. The first-order chi connectivity index (χ1) is 8.63. The molecule has 0 saturated carbocycles. The molecule has 1 heterocycles. The minimum Gasteiger partial charge on any atom is -0.236 e. The molecule has 3 aromatic rings. The van der Waals surface area contributed by atoms with Crippen molar-refractivity contribution in [2.75, 3.05) is 0 Å². The van der Waals surface area contributed by atoms with Crippen molar-refractivity contribution in [2.45, 2.75) is 13.8 Å². The Labute approximate surface area is 124 Å². The van der Waals surface area contributed by atoms with Crippen LogP contribution >= 0.6 is 33.9 Å². The van der Waals surface area contributed by atoms with Gasteiger partial charge in [0.05, 0.1) is 10.2 Å². The van der Waals surface area contributed by atoms with Gasteiger partial charge < -0.3 is 0 Å². The van der Waals surface area contributed by atoms with Gasteiger partial charge in [-0.2, -0.15) is 0 Å². The van der Waals surface area contributed by atoms with Gasteiger partial charge in [0.15, 0.2) is 0 Å². The summed E-state index contributed by atoms with van der Waals surface area (Å²) in [5, 5.41) is 1.11. The highest BCUT2D eigenvalue weighted by atomic mass is 127. The van der Waals surface area contributed by atoms with Crippen molar-refractivity contribution < 1.29 is 0 Å². The van der Waals surface area contributed by atoms with Crippen molar-refractivity contribution in [3.63, 3.8) is 0 Å². The number of aryl methyl sites for hydroxylation is 2. The fraction of sp³-hybridized carbons (Fsp3) is 0.133. The summed E-state index contributed by atoms with van der Waals surface area (Å²) in [4.78, 5) is 4.77. The molecule has 1 aromatic heterocycles. The van der Waals surface area contributed by atoms with Gasteiger partial charge in [-0.3, -0.25) is 0 Å². The summed E-state index contributed by atoms with van der Waals surface area (Å²) in [6.07, 6.45) is 0. The molecule has 0 bridgehead atoms. The standard InChI is InChI=1S/C15H12INS/c1-9-7-10(2)14-13(8-9)18-15(17-14)11-3-5-12(16)6-4-11/h3-8H,1-2H3. The van der Waals surface area contributed by atoms with Gasteiger partial charge in [0, 0.05) is 9.13 Å². The topological polar surface area (TPSA) is 12.9 Å². The molecule has 18 heavy (non-hydrogen) atoms. The molecule has 0 saturated heterocycles. The highest BCUT2D eigenvalue weighted by molar-refractivity contribution is 14.1. The Balaban J connectivity index is 2.19. The second-order valence-corrected chi connectivity index (χ2v) is 6.73. The van der Waals surface area contributed by atoms with Crippen molar-refractivity contribution in [3.8, 4) is 10.6 Å². The van der Waals surface area contributed by atoms with E-state index in [-0.39, 0.29) is 0 Å². The van der Waals surface area contributed by atoms with Crippen LogP contribution in [-0.4, -0.2) is 4.98 Å². The predicted octanol–water partition coefficient (Wildman–Crippen LogP) is 5.18. The molecule has 0 radical (unpaired) electrons. The number of hydrogen-bond donors (Lipinski definition) is 0. The molecule has 1 nitrogen and oxygen atoms in total. The molecule has 0 amide bonds. The lowest BCUT2D eigenvalue weighted by Gasteiger charge is -1.96. The van der Waals surface area contributed by atoms with Gasteiger partial charge in [-0.1, -0.05) is 18.2 Å². The molecule has 0 aliphatic heterocycles. The van der Waals surface area contributed by atoms with E-state index in [0.29, 0.717) is 0 Å². The summed E-state index contributed by atoms with van der Waals surface area (Å²) in [7, 11) is 0. The molecule has 2 aromatic carbocycles. The third kappa shape index (κ3) is 2.17. The van der Waals surface area contributed by atoms with E-state index < -0.39 is 0 Å². The van der Waals surface area contributed by atoms with E-state index in [1.165, 1.54) is 25.0 Å². The summed E-state index contributed by atoms with van der Waals surface area (Å²) in [5.74, 6) is 0. The molecule has 0 atom stereocenters. The predicted molar refractivity (Wildman–Crippen MR) is 87.2 cm³/mol. The van der Waals surface area contributed by atoms with Crippen LogP contribution in [0.2, 0.25) is 0 Å².